The van der Waals surface area contributed by atoms with Crippen LogP contribution in [-0.2, 0) is 6.42 Å². The maximum Gasteiger partial charge on any atom is 0.151 e. The molecule has 2 N–H and O–H groups in total. The van der Waals surface area contributed by atoms with Crippen LogP contribution >= 0.6 is 0 Å². The second kappa shape index (κ2) is 6.06. The van der Waals surface area contributed by atoms with Crippen molar-refractivity contribution in [2.45, 2.75) is 58.0 Å². The van der Waals surface area contributed by atoms with Gasteiger partial charge < -0.3 is 15.0 Å². The van der Waals surface area contributed by atoms with Crippen LogP contribution < -0.4 is 10.6 Å². The topological polar surface area (TPSA) is 46.6 Å². The fraction of sp³-hybridized carbons (Fsp3) is 0.588. The lowest BCUT2D eigenvalue weighted by Crippen LogP contribution is -2.34. The predicted octanol–water partition coefficient (Wildman–Crippen LogP) is 2.99. The van der Waals surface area contributed by atoms with Crippen LogP contribution in [0, 0.1) is 0 Å². The first-order chi connectivity index (χ1) is 10.2. The Morgan fingerprint density at radius 1 is 1.33 bits per heavy atom. The van der Waals surface area contributed by atoms with E-state index >= 15 is 0 Å². The van der Waals surface area contributed by atoms with Crippen molar-refractivity contribution in [1.29, 1.82) is 0 Å². The van der Waals surface area contributed by atoms with Crippen molar-refractivity contribution >= 4 is 11.5 Å². The van der Waals surface area contributed by atoms with Crippen molar-refractivity contribution in [1.82, 2.24) is 9.38 Å². The Labute approximate surface area is 127 Å². The number of fused-ring (bicyclic) bond motifs is 1. The molecule has 2 aromatic rings. The van der Waals surface area contributed by atoms with Crippen LogP contribution in [0.5, 0.6) is 0 Å². The van der Waals surface area contributed by atoms with Gasteiger partial charge in [0.1, 0.15) is 5.65 Å². The van der Waals surface area contributed by atoms with Gasteiger partial charge in [-0.2, -0.15) is 0 Å². The van der Waals surface area contributed by atoms with Gasteiger partial charge in [0.2, 0.25) is 0 Å². The first-order valence-electron chi connectivity index (χ1n) is 8.15. The molecule has 3 heterocycles. The average molecular weight is 286 g/mol. The summed E-state index contributed by atoms with van der Waals surface area (Å²) in [6.45, 7) is 5.50. The van der Waals surface area contributed by atoms with E-state index in [4.69, 9.17) is 10.7 Å². The van der Waals surface area contributed by atoms with Crippen molar-refractivity contribution in [2.24, 2.45) is 5.73 Å². The molecule has 1 saturated heterocycles. The molecule has 2 aromatic heterocycles. The van der Waals surface area contributed by atoms with Gasteiger partial charge in [-0.3, -0.25) is 0 Å². The molecule has 4 nitrogen and oxygen atoms in total. The van der Waals surface area contributed by atoms with Gasteiger partial charge in [-0.15, -0.1) is 0 Å². The van der Waals surface area contributed by atoms with E-state index in [-0.39, 0.29) is 6.04 Å². The Morgan fingerprint density at radius 3 is 3.00 bits per heavy atom. The Kier molecular flexibility index (Phi) is 4.15. The van der Waals surface area contributed by atoms with Crippen molar-refractivity contribution in [2.75, 3.05) is 11.4 Å². The SMILES string of the molecule is CC(N)Cc1c(N2CCCCCC2C)nc2ccccn12. The van der Waals surface area contributed by atoms with Crippen LogP contribution in [0.1, 0.15) is 45.2 Å². The Balaban J connectivity index is 2.07. The van der Waals surface area contributed by atoms with Crippen LogP contribution in [0.3, 0.4) is 0 Å². The number of rotatable bonds is 3. The summed E-state index contributed by atoms with van der Waals surface area (Å²) < 4.78 is 2.20. The van der Waals surface area contributed by atoms with Crippen LogP contribution in [0.4, 0.5) is 5.82 Å². The minimum absolute atomic E-state index is 0.145. The molecule has 1 fully saturated rings. The summed E-state index contributed by atoms with van der Waals surface area (Å²) in [7, 11) is 0. The molecule has 4 heteroatoms. The lowest BCUT2D eigenvalue weighted by molar-refractivity contribution is 0.607. The maximum absolute atomic E-state index is 6.08. The smallest absolute Gasteiger partial charge is 0.151 e. The number of nitrogens with two attached hydrogens (primary N) is 1. The third kappa shape index (κ3) is 2.91. The van der Waals surface area contributed by atoms with E-state index in [2.05, 4.69) is 41.5 Å². The van der Waals surface area contributed by atoms with Gasteiger partial charge in [0.05, 0.1) is 5.69 Å². The number of imidazole rings is 1. The molecule has 21 heavy (non-hydrogen) atoms. The third-order valence-corrected chi connectivity index (χ3v) is 4.45. The van der Waals surface area contributed by atoms with Crippen LogP contribution in [0.15, 0.2) is 24.4 Å². The molecule has 0 saturated carbocycles. The fourth-order valence-corrected chi connectivity index (χ4v) is 3.35. The summed E-state index contributed by atoms with van der Waals surface area (Å²) in [6, 6.07) is 6.90. The Morgan fingerprint density at radius 2 is 2.19 bits per heavy atom. The molecule has 0 aromatic carbocycles. The molecule has 2 unspecified atom stereocenters. The van der Waals surface area contributed by atoms with Gasteiger partial charge in [-0.25, -0.2) is 4.98 Å². The van der Waals surface area contributed by atoms with Crippen molar-refractivity contribution in [3.05, 3.63) is 30.1 Å². The molecule has 0 aliphatic carbocycles. The fourth-order valence-electron chi connectivity index (χ4n) is 3.35. The zero-order chi connectivity index (χ0) is 14.8. The normalized spacial score (nSPS) is 21.5. The van der Waals surface area contributed by atoms with E-state index in [0.29, 0.717) is 6.04 Å². The zero-order valence-electron chi connectivity index (χ0n) is 13.1. The maximum atomic E-state index is 6.08. The molecule has 1 aliphatic heterocycles. The number of hydrogen-bond acceptors (Lipinski definition) is 3. The molecular weight excluding hydrogens is 260 g/mol. The number of aromatic nitrogens is 2. The monoisotopic (exact) mass is 286 g/mol. The van der Waals surface area contributed by atoms with Gasteiger partial charge in [0.25, 0.3) is 0 Å². The summed E-state index contributed by atoms with van der Waals surface area (Å²) >= 11 is 0. The van der Waals surface area contributed by atoms with Crippen LogP contribution in [-0.4, -0.2) is 28.0 Å². The molecule has 0 radical (unpaired) electrons. The highest BCUT2D eigenvalue weighted by Crippen LogP contribution is 2.28. The second-order valence-corrected chi connectivity index (χ2v) is 6.38. The molecule has 3 rings (SSSR count). The lowest BCUT2D eigenvalue weighted by Gasteiger charge is -2.28. The van der Waals surface area contributed by atoms with E-state index in [1.54, 1.807) is 0 Å². The zero-order valence-corrected chi connectivity index (χ0v) is 13.1. The predicted molar refractivity (Wildman–Crippen MR) is 87.8 cm³/mol. The minimum atomic E-state index is 0.145. The average Bonchev–Trinajstić information content (AvgIpc) is 2.66. The largest absolute Gasteiger partial charge is 0.352 e. The Bertz CT molecular complexity index is 602. The number of pyridine rings is 1. The summed E-state index contributed by atoms with van der Waals surface area (Å²) in [5, 5.41) is 0. The third-order valence-electron chi connectivity index (χ3n) is 4.45. The van der Waals surface area contributed by atoms with Gasteiger partial charge in [-0.05, 0) is 38.8 Å². The van der Waals surface area contributed by atoms with Gasteiger partial charge >= 0.3 is 0 Å². The molecule has 114 valence electrons. The molecule has 0 amide bonds. The summed E-state index contributed by atoms with van der Waals surface area (Å²) in [4.78, 5) is 7.41. The van der Waals surface area contributed by atoms with E-state index in [9.17, 15) is 0 Å². The van der Waals surface area contributed by atoms with E-state index < -0.39 is 0 Å². The highest BCUT2D eigenvalue weighted by molar-refractivity contribution is 5.56. The molecule has 1 aliphatic rings. The van der Waals surface area contributed by atoms with Gasteiger partial charge in [0, 0.05) is 31.2 Å². The van der Waals surface area contributed by atoms with Crippen LogP contribution in [0.25, 0.3) is 5.65 Å². The van der Waals surface area contributed by atoms with Crippen LogP contribution in [0.2, 0.25) is 0 Å². The van der Waals surface area contributed by atoms with Crippen molar-refractivity contribution in [3.8, 4) is 0 Å². The highest BCUT2D eigenvalue weighted by atomic mass is 15.2. The summed E-state index contributed by atoms with van der Waals surface area (Å²) in [5.74, 6) is 1.15. The lowest BCUT2D eigenvalue weighted by atomic mass is 10.1. The molecule has 0 bridgehead atoms. The minimum Gasteiger partial charge on any atom is -0.352 e. The molecule has 2 atom stereocenters. The summed E-state index contributed by atoms with van der Waals surface area (Å²) in [5.41, 5.74) is 8.37. The number of nitrogens with zero attached hydrogens (tertiary/aromatic N) is 3. The standard InChI is InChI=1S/C17H26N4/c1-13(18)12-15-17(19-16-9-5-7-11-21(15)16)20-10-6-3-4-8-14(20)2/h5,7,9,11,13-14H,3-4,6,8,10,12,18H2,1-2H3. The van der Waals surface area contributed by atoms with Crippen molar-refractivity contribution in [3.63, 3.8) is 0 Å². The second-order valence-electron chi connectivity index (χ2n) is 6.38. The van der Waals surface area contributed by atoms with Gasteiger partial charge in [0.15, 0.2) is 5.82 Å². The quantitative estimate of drug-likeness (QED) is 0.943. The van der Waals surface area contributed by atoms with E-state index in [0.717, 1.165) is 24.4 Å². The van der Waals surface area contributed by atoms with Crippen molar-refractivity contribution < 1.29 is 0 Å². The van der Waals surface area contributed by atoms with E-state index in [1.807, 2.05) is 6.07 Å². The Hall–Kier alpha value is -1.55. The highest BCUT2D eigenvalue weighted by Gasteiger charge is 2.24. The first-order valence-corrected chi connectivity index (χ1v) is 8.15. The van der Waals surface area contributed by atoms with E-state index in [1.165, 1.54) is 31.4 Å². The molecular formula is C17H26N4. The molecule has 0 spiro atoms. The van der Waals surface area contributed by atoms with Gasteiger partial charge in [-0.1, -0.05) is 18.9 Å². The number of hydrogen-bond donors (Lipinski definition) is 1. The first kappa shape index (κ1) is 14.4. The number of anilines is 1. The summed E-state index contributed by atoms with van der Waals surface area (Å²) in [6.07, 6.45) is 8.14.